The van der Waals surface area contributed by atoms with Crippen molar-refractivity contribution < 1.29 is 19.1 Å². The molecule has 0 radical (unpaired) electrons. The second-order valence-electron chi connectivity index (χ2n) is 7.46. The highest BCUT2D eigenvalue weighted by Gasteiger charge is 2.26. The van der Waals surface area contributed by atoms with Gasteiger partial charge in [0.05, 0.1) is 12.7 Å². The highest BCUT2D eigenvalue weighted by Crippen LogP contribution is 2.24. The van der Waals surface area contributed by atoms with Crippen LogP contribution < -0.4 is 0 Å². The lowest BCUT2D eigenvalue weighted by atomic mass is 9.92. The fourth-order valence-electron chi connectivity index (χ4n) is 4.02. The van der Waals surface area contributed by atoms with Crippen molar-refractivity contribution in [2.45, 2.75) is 38.5 Å². The summed E-state index contributed by atoms with van der Waals surface area (Å²) in [6.07, 6.45) is 5.64. The molecule has 1 aromatic carbocycles. The van der Waals surface area contributed by atoms with E-state index in [0.717, 1.165) is 51.7 Å². The van der Waals surface area contributed by atoms with E-state index in [1.807, 2.05) is 9.80 Å². The summed E-state index contributed by atoms with van der Waals surface area (Å²) in [6, 6.07) is 6.67. The molecule has 3 rings (SSSR count). The minimum absolute atomic E-state index is 0.0590. The van der Waals surface area contributed by atoms with Gasteiger partial charge < -0.3 is 14.5 Å². The van der Waals surface area contributed by atoms with Crippen LogP contribution in [0.15, 0.2) is 24.3 Å². The number of rotatable bonds is 5. The number of esters is 1. The number of benzene rings is 1. The van der Waals surface area contributed by atoms with Crippen LogP contribution in [0.5, 0.6) is 0 Å². The molecule has 0 N–H and O–H groups in total. The van der Waals surface area contributed by atoms with E-state index in [4.69, 9.17) is 4.74 Å². The summed E-state index contributed by atoms with van der Waals surface area (Å²) < 4.78 is 4.73. The number of piperidine rings is 1. The van der Waals surface area contributed by atoms with Crippen LogP contribution in [0.25, 0.3) is 0 Å². The molecule has 0 spiro atoms. The third-order valence-corrected chi connectivity index (χ3v) is 5.56. The molecule has 0 saturated carbocycles. The van der Waals surface area contributed by atoms with Crippen molar-refractivity contribution in [1.29, 1.82) is 0 Å². The van der Waals surface area contributed by atoms with Crippen molar-refractivity contribution in [3.05, 3.63) is 35.4 Å². The first-order valence-corrected chi connectivity index (χ1v) is 9.84. The van der Waals surface area contributed by atoms with Crippen LogP contribution in [0.4, 0.5) is 0 Å². The molecule has 2 aliphatic rings. The Kier molecular flexibility index (Phi) is 6.48. The van der Waals surface area contributed by atoms with E-state index in [0.29, 0.717) is 30.0 Å². The number of hydrogen-bond donors (Lipinski definition) is 0. The van der Waals surface area contributed by atoms with Gasteiger partial charge in [0.25, 0.3) is 5.91 Å². The minimum Gasteiger partial charge on any atom is -0.465 e. The zero-order valence-corrected chi connectivity index (χ0v) is 16.0. The lowest BCUT2D eigenvalue weighted by Crippen LogP contribution is -2.40. The topological polar surface area (TPSA) is 66.9 Å². The summed E-state index contributed by atoms with van der Waals surface area (Å²) in [6.45, 7) is 3.18. The van der Waals surface area contributed by atoms with Crippen LogP contribution in [0.3, 0.4) is 0 Å². The third-order valence-electron chi connectivity index (χ3n) is 5.56. The molecule has 2 saturated heterocycles. The monoisotopic (exact) mass is 372 g/mol. The van der Waals surface area contributed by atoms with E-state index < -0.39 is 5.97 Å². The molecular weight excluding hydrogens is 344 g/mol. The molecule has 0 aliphatic carbocycles. The van der Waals surface area contributed by atoms with Gasteiger partial charge in [-0.05, 0) is 56.2 Å². The van der Waals surface area contributed by atoms with Gasteiger partial charge in [-0.15, -0.1) is 0 Å². The van der Waals surface area contributed by atoms with Crippen LogP contribution in [0.1, 0.15) is 59.2 Å². The molecule has 6 nitrogen and oxygen atoms in total. The Morgan fingerprint density at radius 2 is 1.74 bits per heavy atom. The number of amides is 2. The lowest BCUT2D eigenvalue weighted by Gasteiger charge is -2.33. The van der Waals surface area contributed by atoms with E-state index in [9.17, 15) is 14.4 Å². The van der Waals surface area contributed by atoms with Gasteiger partial charge in [-0.25, -0.2) is 4.79 Å². The number of likely N-dealkylation sites (tertiary alicyclic amines) is 2. The van der Waals surface area contributed by atoms with Crippen molar-refractivity contribution in [3.63, 3.8) is 0 Å². The molecule has 0 unspecified atom stereocenters. The lowest BCUT2D eigenvalue weighted by molar-refractivity contribution is -0.130. The Hall–Kier alpha value is -2.37. The van der Waals surface area contributed by atoms with Crippen molar-refractivity contribution in [1.82, 2.24) is 9.80 Å². The van der Waals surface area contributed by atoms with Gasteiger partial charge in [0, 0.05) is 38.2 Å². The first-order valence-electron chi connectivity index (χ1n) is 9.84. The van der Waals surface area contributed by atoms with Crippen LogP contribution in [-0.2, 0) is 9.53 Å². The molecule has 1 aromatic rings. The SMILES string of the molecule is COC(=O)c1cccc(C(=O)N2CCC[C@@H](CCC(=O)N3CCCC3)C2)c1. The summed E-state index contributed by atoms with van der Waals surface area (Å²) in [7, 11) is 1.33. The molecular formula is C21H28N2O4. The summed E-state index contributed by atoms with van der Waals surface area (Å²) >= 11 is 0. The number of nitrogens with zero attached hydrogens (tertiary/aromatic N) is 2. The van der Waals surface area contributed by atoms with E-state index in [1.165, 1.54) is 7.11 Å². The molecule has 2 heterocycles. The van der Waals surface area contributed by atoms with Gasteiger partial charge in [0.15, 0.2) is 0 Å². The molecule has 6 heteroatoms. The predicted molar refractivity (Wildman–Crippen MR) is 101 cm³/mol. The van der Waals surface area contributed by atoms with Crippen LogP contribution in [-0.4, -0.2) is 60.9 Å². The smallest absolute Gasteiger partial charge is 0.337 e. The average Bonchev–Trinajstić information content (AvgIpc) is 3.26. The third kappa shape index (κ3) is 4.87. The Bertz CT molecular complexity index is 697. The zero-order valence-electron chi connectivity index (χ0n) is 16.0. The van der Waals surface area contributed by atoms with Crippen LogP contribution in [0, 0.1) is 5.92 Å². The first kappa shape index (κ1) is 19.4. The Morgan fingerprint density at radius 1 is 1.04 bits per heavy atom. The molecule has 0 aromatic heterocycles. The zero-order chi connectivity index (χ0) is 19.2. The van der Waals surface area contributed by atoms with E-state index >= 15 is 0 Å². The van der Waals surface area contributed by atoms with Crippen molar-refractivity contribution in [2.75, 3.05) is 33.3 Å². The van der Waals surface area contributed by atoms with E-state index in [-0.39, 0.29) is 11.8 Å². The molecule has 0 bridgehead atoms. The predicted octanol–water partition coefficient (Wildman–Crippen LogP) is 2.73. The molecule has 1 atom stereocenters. The van der Waals surface area contributed by atoms with Crippen LogP contribution >= 0.6 is 0 Å². The second-order valence-corrected chi connectivity index (χ2v) is 7.46. The maximum atomic E-state index is 12.9. The quantitative estimate of drug-likeness (QED) is 0.746. The summed E-state index contributed by atoms with van der Waals surface area (Å²) in [5.74, 6) is 0.109. The van der Waals surface area contributed by atoms with Gasteiger partial charge in [-0.1, -0.05) is 6.07 Å². The molecule has 2 aliphatic heterocycles. The average molecular weight is 372 g/mol. The summed E-state index contributed by atoms with van der Waals surface area (Å²) in [4.78, 5) is 40.6. The van der Waals surface area contributed by atoms with Gasteiger partial charge >= 0.3 is 5.97 Å². The standard InChI is InChI=1S/C21H28N2O4/c1-27-21(26)18-8-4-7-17(14-18)20(25)23-13-5-6-16(15-23)9-10-19(24)22-11-2-3-12-22/h4,7-8,14,16H,2-3,5-6,9-13,15H2,1H3/t16-/m0/s1. The molecule has 27 heavy (non-hydrogen) atoms. The van der Waals surface area contributed by atoms with E-state index in [1.54, 1.807) is 24.3 Å². The van der Waals surface area contributed by atoms with Gasteiger partial charge in [0.2, 0.25) is 5.91 Å². The molecule has 146 valence electrons. The summed E-state index contributed by atoms with van der Waals surface area (Å²) in [5, 5.41) is 0. The van der Waals surface area contributed by atoms with Gasteiger partial charge in [0.1, 0.15) is 0 Å². The molecule has 2 amide bonds. The van der Waals surface area contributed by atoms with Crippen molar-refractivity contribution >= 4 is 17.8 Å². The number of ether oxygens (including phenoxy) is 1. The highest BCUT2D eigenvalue weighted by atomic mass is 16.5. The van der Waals surface area contributed by atoms with Crippen molar-refractivity contribution in [2.24, 2.45) is 5.92 Å². The largest absolute Gasteiger partial charge is 0.465 e. The highest BCUT2D eigenvalue weighted by molar-refractivity contribution is 5.98. The van der Waals surface area contributed by atoms with Gasteiger partial charge in [-0.3, -0.25) is 9.59 Å². The van der Waals surface area contributed by atoms with Gasteiger partial charge in [-0.2, -0.15) is 0 Å². The number of carbonyl (C=O) groups excluding carboxylic acids is 3. The Morgan fingerprint density at radius 3 is 2.48 bits per heavy atom. The minimum atomic E-state index is -0.443. The number of methoxy groups -OCH3 is 1. The van der Waals surface area contributed by atoms with E-state index in [2.05, 4.69) is 0 Å². The Balaban J connectivity index is 1.56. The second kappa shape index (κ2) is 9.02. The normalized spacial score (nSPS) is 19.8. The maximum Gasteiger partial charge on any atom is 0.337 e. The first-order chi connectivity index (χ1) is 13.1. The van der Waals surface area contributed by atoms with Crippen molar-refractivity contribution in [3.8, 4) is 0 Å². The fraction of sp³-hybridized carbons (Fsp3) is 0.571. The fourth-order valence-corrected chi connectivity index (χ4v) is 4.02. The molecule has 2 fully saturated rings. The number of carbonyl (C=O) groups is 3. The number of hydrogen-bond acceptors (Lipinski definition) is 4. The van der Waals surface area contributed by atoms with Crippen LogP contribution in [0.2, 0.25) is 0 Å². The maximum absolute atomic E-state index is 12.9. The summed E-state index contributed by atoms with van der Waals surface area (Å²) in [5.41, 5.74) is 0.889. The Labute approximate surface area is 160 Å².